The first-order valence-corrected chi connectivity index (χ1v) is 7.36. The van der Waals surface area contributed by atoms with Crippen LogP contribution in [-0.2, 0) is 0 Å². The Labute approximate surface area is 130 Å². The lowest BCUT2D eigenvalue weighted by atomic mass is 9.87. The zero-order chi connectivity index (χ0) is 15.6. The van der Waals surface area contributed by atoms with Crippen LogP contribution in [0.5, 0.6) is 5.75 Å². The third kappa shape index (κ3) is 3.16. The average Bonchev–Trinajstić information content (AvgIpc) is 2.44. The molecule has 0 bridgehead atoms. The third-order valence-electron chi connectivity index (χ3n) is 4.21. The topological polar surface area (TPSA) is 78.6 Å². The van der Waals surface area contributed by atoms with Gasteiger partial charge in [-0.2, -0.15) is 0 Å². The molecule has 0 spiro atoms. The normalized spacial score (nSPS) is 18.2. The fraction of sp³-hybridized carbons (Fsp3) is 0.467. The van der Waals surface area contributed by atoms with Crippen LogP contribution < -0.4 is 11.1 Å². The van der Waals surface area contributed by atoms with E-state index in [1.807, 2.05) is 7.05 Å². The molecule has 1 saturated heterocycles. The van der Waals surface area contributed by atoms with E-state index in [2.05, 4.69) is 10.2 Å². The minimum Gasteiger partial charge on any atom is -0.508 e. The highest BCUT2D eigenvalue weighted by Gasteiger charge is 2.38. The second kappa shape index (κ2) is 5.99. The third-order valence-corrected chi connectivity index (χ3v) is 4.61. The van der Waals surface area contributed by atoms with Gasteiger partial charge < -0.3 is 21.1 Å². The molecule has 1 aromatic rings. The summed E-state index contributed by atoms with van der Waals surface area (Å²) in [6.07, 6.45) is 1.39. The summed E-state index contributed by atoms with van der Waals surface area (Å²) in [7, 11) is 2.03. The molecule has 0 aliphatic carbocycles. The number of carbonyl (C=O) groups excluding carboxylic acids is 1. The Kier molecular flexibility index (Phi) is 4.49. The van der Waals surface area contributed by atoms with E-state index in [0.717, 1.165) is 13.1 Å². The molecule has 1 aliphatic heterocycles. The molecule has 1 fully saturated rings. The van der Waals surface area contributed by atoms with Crippen LogP contribution in [0.15, 0.2) is 18.2 Å². The van der Waals surface area contributed by atoms with E-state index >= 15 is 0 Å². The number of thiocarbonyl (C=S) groups is 1. The first kappa shape index (κ1) is 15.7. The van der Waals surface area contributed by atoms with Crippen molar-refractivity contribution in [3.63, 3.8) is 0 Å². The maximum Gasteiger partial charge on any atom is 0.252 e. The molecule has 0 aromatic heterocycles. The number of amides is 1. The van der Waals surface area contributed by atoms with Gasteiger partial charge in [-0.3, -0.25) is 4.79 Å². The lowest BCUT2D eigenvalue weighted by molar-refractivity contribution is 0.0889. The number of piperidine rings is 1. The molecule has 1 heterocycles. The Balaban J connectivity index is 2.23. The van der Waals surface area contributed by atoms with Crippen LogP contribution >= 0.6 is 12.2 Å². The maximum atomic E-state index is 12.5. The van der Waals surface area contributed by atoms with Crippen molar-refractivity contribution in [3.05, 3.63) is 29.3 Å². The molecule has 0 radical (unpaired) electrons. The number of nitrogens with two attached hydrogens (primary N) is 1. The number of nitrogens with one attached hydrogen (secondary N) is 1. The Morgan fingerprint density at radius 1 is 1.43 bits per heavy atom. The Morgan fingerprint density at radius 2 is 2.05 bits per heavy atom. The summed E-state index contributed by atoms with van der Waals surface area (Å²) in [6.45, 7) is 3.37. The number of hydrogen-bond acceptors (Lipinski definition) is 4. The second-order valence-corrected chi connectivity index (χ2v) is 6.09. The molecule has 0 saturated carbocycles. The van der Waals surface area contributed by atoms with Gasteiger partial charge in [0.25, 0.3) is 5.91 Å². The number of nitrogens with zero attached hydrogens (tertiary/aromatic N) is 1. The summed E-state index contributed by atoms with van der Waals surface area (Å²) in [4.78, 5) is 15.0. The smallest absolute Gasteiger partial charge is 0.252 e. The van der Waals surface area contributed by atoms with Gasteiger partial charge in [0.05, 0.1) is 10.5 Å². The molecule has 4 N–H and O–H groups in total. The molecule has 21 heavy (non-hydrogen) atoms. The second-order valence-electron chi connectivity index (χ2n) is 5.65. The quantitative estimate of drug-likeness (QED) is 0.731. The molecule has 6 heteroatoms. The molecule has 0 unspecified atom stereocenters. The lowest BCUT2D eigenvalue weighted by Gasteiger charge is -2.40. The van der Waals surface area contributed by atoms with E-state index in [1.54, 1.807) is 25.1 Å². The van der Waals surface area contributed by atoms with Gasteiger partial charge in [0.15, 0.2) is 0 Å². The van der Waals surface area contributed by atoms with Crippen LogP contribution in [0.3, 0.4) is 0 Å². The van der Waals surface area contributed by atoms with E-state index in [9.17, 15) is 9.90 Å². The van der Waals surface area contributed by atoms with E-state index in [1.165, 1.54) is 0 Å². The molecular weight excluding hydrogens is 286 g/mol. The van der Waals surface area contributed by atoms with Crippen molar-refractivity contribution in [2.75, 3.05) is 20.1 Å². The lowest BCUT2D eigenvalue weighted by Crippen LogP contribution is -2.61. The minimum atomic E-state index is -0.642. The average molecular weight is 307 g/mol. The molecule has 1 aliphatic rings. The molecule has 0 atom stereocenters. The largest absolute Gasteiger partial charge is 0.508 e. The predicted octanol–water partition coefficient (Wildman–Crippen LogP) is 1.18. The summed E-state index contributed by atoms with van der Waals surface area (Å²) >= 11 is 5.19. The summed E-state index contributed by atoms with van der Waals surface area (Å²) in [6, 6.07) is 4.90. The van der Waals surface area contributed by atoms with Gasteiger partial charge in [0.2, 0.25) is 0 Å². The van der Waals surface area contributed by atoms with Crippen molar-refractivity contribution in [2.45, 2.75) is 25.3 Å². The number of phenolic OH excluding ortho intramolecular Hbond substituents is 1. The van der Waals surface area contributed by atoms with Crippen LogP contribution in [-0.4, -0.2) is 46.6 Å². The van der Waals surface area contributed by atoms with Crippen LogP contribution in [0.4, 0.5) is 0 Å². The van der Waals surface area contributed by atoms with Gasteiger partial charge in [-0.25, -0.2) is 0 Å². The van der Waals surface area contributed by atoms with Crippen molar-refractivity contribution in [2.24, 2.45) is 5.73 Å². The summed E-state index contributed by atoms with van der Waals surface area (Å²) < 4.78 is 0. The summed E-state index contributed by atoms with van der Waals surface area (Å²) in [5.41, 5.74) is 6.25. The van der Waals surface area contributed by atoms with Gasteiger partial charge in [-0.15, -0.1) is 0 Å². The highest BCUT2D eigenvalue weighted by atomic mass is 32.1. The fourth-order valence-corrected chi connectivity index (χ4v) is 2.84. The number of phenols is 1. The molecule has 114 valence electrons. The first-order valence-electron chi connectivity index (χ1n) is 6.95. The van der Waals surface area contributed by atoms with E-state index < -0.39 is 5.54 Å². The fourth-order valence-electron chi connectivity index (χ4n) is 2.59. The van der Waals surface area contributed by atoms with Crippen LogP contribution in [0.2, 0.25) is 0 Å². The zero-order valence-corrected chi connectivity index (χ0v) is 13.2. The molecule has 1 amide bonds. The standard InChI is InChI=1S/C15H21N3O2S/c1-10-11(4-3-5-12(10)19)13(20)17-15(14(16)21)6-8-18(2)9-7-15/h3-5,19H,6-9H2,1-2H3,(H2,16,21)(H,17,20). The maximum absolute atomic E-state index is 12.5. The predicted molar refractivity (Wildman–Crippen MR) is 86.6 cm³/mol. The van der Waals surface area contributed by atoms with Crippen LogP contribution in [0.25, 0.3) is 0 Å². The number of carbonyl (C=O) groups is 1. The zero-order valence-electron chi connectivity index (χ0n) is 12.3. The number of hydrogen-bond donors (Lipinski definition) is 3. The number of benzene rings is 1. The highest BCUT2D eigenvalue weighted by molar-refractivity contribution is 7.80. The Morgan fingerprint density at radius 3 is 2.62 bits per heavy atom. The Hall–Kier alpha value is -1.66. The summed E-state index contributed by atoms with van der Waals surface area (Å²) in [5, 5.41) is 12.7. The van der Waals surface area contributed by atoms with Crippen molar-refractivity contribution in [1.29, 1.82) is 0 Å². The van der Waals surface area contributed by atoms with E-state index in [4.69, 9.17) is 18.0 Å². The SMILES string of the molecule is Cc1c(O)cccc1C(=O)NC1(C(N)=S)CCN(C)CC1. The highest BCUT2D eigenvalue weighted by Crippen LogP contribution is 2.25. The molecule has 5 nitrogen and oxygen atoms in total. The number of likely N-dealkylation sites (tertiary alicyclic amines) is 1. The van der Waals surface area contributed by atoms with Crippen molar-refractivity contribution in [3.8, 4) is 5.75 Å². The molecule has 2 rings (SSSR count). The van der Waals surface area contributed by atoms with E-state index in [0.29, 0.717) is 29.0 Å². The van der Waals surface area contributed by atoms with Crippen molar-refractivity contribution >= 4 is 23.1 Å². The number of aromatic hydroxyl groups is 1. The van der Waals surface area contributed by atoms with Crippen molar-refractivity contribution in [1.82, 2.24) is 10.2 Å². The van der Waals surface area contributed by atoms with Gasteiger partial charge in [0.1, 0.15) is 5.75 Å². The van der Waals surface area contributed by atoms with Gasteiger partial charge in [0, 0.05) is 24.2 Å². The van der Waals surface area contributed by atoms with Crippen LogP contribution in [0, 0.1) is 6.92 Å². The van der Waals surface area contributed by atoms with Crippen LogP contribution in [0.1, 0.15) is 28.8 Å². The monoisotopic (exact) mass is 307 g/mol. The molecular formula is C15H21N3O2S. The first-order chi connectivity index (χ1) is 9.85. The number of rotatable bonds is 3. The minimum absolute atomic E-state index is 0.107. The Bertz CT molecular complexity index is 566. The molecule has 1 aromatic carbocycles. The van der Waals surface area contributed by atoms with Crippen molar-refractivity contribution < 1.29 is 9.90 Å². The summed E-state index contributed by atoms with van der Waals surface area (Å²) in [5.74, 6) is -0.142. The van der Waals surface area contributed by atoms with E-state index in [-0.39, 0.29) is 11.7 Å². The van der Waals surface area contributed by atoms with Gasteiger partial charge >= 0.3 is 0 Å². The van der Waals surface area contributed by atoms with Gasteiger partial charge in [-0.1, -0.05) is 18.3 Å². The van der Waals surface area contributed by atoms with Gasteiger partial charge in [-0.05, 0) is 38.9 Å².